The van der Waals surface area contributed by atoms with E-state index in [1.165, 1.54) is 23.9 Å². The van der Waals surface area contributed by atoms with Gasteiger partial charge in [-0.15, -0.1) is 0 Å². The van der Waals surface area contributed by atoms with E-state index in [4.69, 9.17) is 12.2 Å². The summed E-state index contributed by atoms with van der Waals surface area (Å²) >= 11 is 6.64. The first-order chi connectivity index (χ1) is 16.5. The van der Waals surface area contributed by atoms with Crippen LogP contribution < -0.4 is 10.9 Å². The van der Waals surface area contributed by atoms with Crippen LogP contribution in [0.15, 0.2) is 71.7 Å². The lowest BCUT2D eigenvalue weighted by Gasteiger charge is -2.14. The highest BCUT2D eigenvalue weighted by atomic mass is 32.2. The smallest absolute Gasteiger partial charge is 0.273 e. The summed E-state index contributed by atoms with van der Waals surface area (Å²) in [4.78, 5) is 38.7. The maximum atomic E-state index is 12.6. The average Bonchev–Trinajstić information content (AvgIpc) is 3.10. The molecule has 1 heterocycles. The van der Waals surface area contributed by atoms with Crippen LogP contribution in [0.1, 0.15) is 41.6 Å². The van der Waals surface area contributed by atoms with Crippen LogP contribution in [-0.2, 0) is 9.59 Å². The molecule has 0 radical (unpaired) electrons. The Morgan fingerprint density at radius 3 is 2.50 bits per heavy atom. The number of para-hydroxylation sites is 1. The number of hydrogen-bond acceptors (Lipinski definition) is 6. The van der Waals surface area contributed by atoms with E-state index in [0.717, 1.165) is 12.0 Å². The number of unbranched alkanes of at least 4 members (excludes halogenated alkanes) is 2. The van der Waals surface area contributed by atoms with Crippen molar-refractivity contribution in [1.29, 1.82) is 0 Å². The summed E-state index contributed by atoms with van der Waals surface area (Å²) in [7, 11) is 0. The normalized spacial score (nSPS) is 14.7. The van der Waals surface area contributed by atoms with E-state index in [0.29, 0.717) is 28.6 Å². The summed E-state index contributed by atoms with van der Waals surface area (Å²) in [6.07, 6.45) is 7.81. The van der Waals surface area contributed by atoms with Gasteiger partial charge in [-0.1, -0.05) is 85.0 Å². The van der Waals surface area contributed by atoms with Crippen LogP contribution in [0.4, 0.5) is 0 Å². The first kappa shape index (κ1) is 25.2. The molecule has 1 aliphatic rings. The number of thiocarbonyl (C=S) groups is 1. The topological polar surface area (TPSA) is 98.7 Å². The molecule has 2 aromatic carbocycles. The van der Waals surface area contributed by atoms with Gasteiger partial charge in [0.25, 0.3) is 11.8 Å². The van der Waals surface area contributed by atoms with E-state index in [9.17, 15) is 19.5 Å². The molecule has 0 aliphatic carbocycles. The molecule has 0 saturated carbocycles. The molecule has 0 aromatic heterocycles. The molecule has 0 unspecified atom stereocenters. The van der Waals surface area contributed by atoms with Gasteiger partial charge in [-0.25, -0.2) is 0 Å². The number of rotatable bonds is 9. The van der Waals surface area contributed by atoms with Crippen LogP contribution >= 0.6 is 24.0 Å². The van der Waals surface area contributed by atoms with Crippen molar-refractivity contribution < 1.29 is 19.5 Å². The predicted octanol–water partition coefficient (Wildman–Crippen LogP) is 4.17. The molecule has 3 rings (SSSR count). The largest absolute Gasteiger partial charge is 0.507 e. The standard InChI is InChI=1S/C25H25N3O4S2/c29-20-14-7-6-13-19(20)23(31)27-26-22(30)16-5-2-8-17-28-24(32)21(34-25(28)33)15-9-12-18-10-3-1-4-11-18/h1,3-4,6-7,9-15,29H,2,5,8,16-17H2,(H,26,30)(H,27,31). The summed E-state index contributed by atoms with van der Waals surface area (Å²) in [5.41, 5.74) is 5.76. The third-order valence-corrected chi connectivity index (χ3v) is 6.36. The Morgan fingerprint density at radius 1 is 1.00 bits per heavy atom. The zero-order valence-electron chi connectivity index (χ0n) is 18.4. The fourth-order valence-corrected chi connectivity index (χ4v) is 4.43. The fraction of sp³-hybridized carbons (Fsp3) is 0.200. The average molecular weight is 496 g/mol. The minimum Gasteiger partial charge on any atom is -0.507 e. The molecule has 1 saturated heterocycles. The first-order valence-electron chi connectivity index (χ1n) is 10.8. The van der Waals surface area contributed by atoms with Crippen molar-refractivity contribution in [3.8, 4) is 5.75 Å². The van der Waals surface area contributed by atoms with Gasteiger partial charge in [0.15, 0.2) is 0 Å². The second-order valence-corrected chi connectivity index (χ2v) is 9.13. The molecule has 3 amide bonds. The van der Waals surface area contributed by atoms with Crippen molar-refractivity contribution in [2.45, 2.75) is 25.7 Å². The number of hydrogen-bond donors (Lipinski definition) is 3. The number of carbonyl (C=O) groups is 3. The molecule has 2 aromatic rings. The first-order valence-corrected chi connectivity index (χ1v) is 12.0. The molecule has 3 N–H and O–H groups in total. The Balaban J connectivity index is 1.34. The minimum atomic E-state index is -0.590. The van der Waals surface area contributed by atoms with Gasteiger partial charge in [-0.05, 0) is 36.6 Å². The van der Waals surface area contributed by atoms with E-state index in [-0.39, 0.29) is 29.5 Å². The van der Waals surface area contributed by atoms with Gasteiger partial charge in [-0.2, -0.15) is 0 Å². The van der Waals surface area contributed by atoms with Crippen molar-refractivity contribution in [3.05, 3.63) is 82.8 Å². The molecule has 176 valence electrons. The SMILES string of the molecule is O=C(CCCCCN1C(=O)C(=CC=Cc2ccccc2)SC1=S)NNC(=O)c1ccccc1O. The molecule has 0 spiro atoms. The van der Waals surface area contributed by atoms with Crippen LogP contribution in [0.25, 0.3) is 6.08 Å². The summed E-state index contributed by atoms with van der Waals surface area (Å²) < 4.78 is 0.536. The summed E-state index contributed by atoms with van der Waals surface area (Å²) in [6.45, 7) is 0.496. The number of nitrogens with one attached hydrogen (secondary N) is 2. The highest BCUT2D eigenvalue weighted by Gasteiger charge is 2.30. The Hall–Kier alpha value is -3.43. The number of carbonyl (C=O) groups excluding carboxylic acids is 3. The number of aromatic hydroxyl groups is 1. The quantitative estimate of drug-likeness (QED) is 0.209. The molecule has 9 heteroatoms. The van der Waals surface area contributed by atoms with E-state index >= 15 is 0 Å². The predicted molar refractivity (Wildman–Crippen MR) is 138 cm³/mol. The number of nitrogens with zero attached hydrogens (tertiary/aromatic N) is 1. The Morgan fingerprint density at radius 2 is 1.74 bits per heavy atom. The zero-order chi connectivity index (χ0) is 24.3. The number of allylic oxidation sites excluding steroid dienone is 2. The molecular weight excluding hydrogens is 470 g/mol. The van der Waals surface area contributed by atoms with Gasteiger partial charge in [0.2, 0.25) is 5.91 Å². The fourth-order valence-electron chi connectivity index (χ4n) is 3.17. The molecule has 1 aliphatic heterocycles. The van der Waals surface area contributed by atoms with Crippen molar-refractivity contribution in [3.63, 3.8) is 0 Å². The maximum Gasteiger partial charge on any atom is 0.273 e. The lowest BCUT2D eigenvalue weighted by Crippen LogP contribution is -2.41. The molecule has 7 nitrogen and oxygen atoms in total. The van der Waals surface area contributed by atoms with Crippen molar-refractivity contribution in [2.24, 2.45) is 0 Å². The van der Waals surface area contributed by atoms with Gasteiger partial charge in [0.1, 0.15) is 10.1 Å². The van der Waals surface area contributed by atoms with E-state index in [2.05, 4.69) is 10.9 Å². The molecule has 34 heavy (non-hydrogen) atoms. The van der Waals surface area contributed by atoms with E-state index in [1.54, 1.807) is 23.1 Å². The zero-order valence-corrected chi connectivity index (χ0v) is 20.0. The van der Waals surface area contributed by atoms with Crippen LogP contribution in [-0.4, -0.2) is 38.6 Å². The molecule has 0 atom stereocenters. The van der Waals surface area contributed by atoms with Gasteiger partial charge in [0.05, 0.1) is 10.5 Å². The Bertz CT molecular complexity index is 1120. The second kappa shape index (κ2) is 12.7. The number of phenols is 1. The van der Waals surface area contributed by atoms with Crippen LogP contribution in [0.5, 0.6) is 5.75 Å². The van der Waals surface area contributed by atoms with Crippen LogP contribution in [0, 0.1) is 0 Å². The molecule has 1 fully saturated rings. The van der Waals surface area contributed by atoms with Crippen LogP contribution in [0.2, 0.25) is 0 Å². The van der Waals surface area contributed by atoms with Gasteiger partial charge in [-0.3, -0.25) is 30.1 Å². The van der Waals surface area contributed by atoms with E-state index < -0.39 is 5.91 Å². The number of thioether (sulfide) groups is 1. The van der Waals surface area contributed by atoms with Gasteiger partial charge in [0, 0.05) is 13.0 Å². The summed E-state index contributed by atoms with van der Waals surface area (Å²) in [5, 5.41) is 9.66. The number of amides is 3. The number of hydrazine groups is 1. The van der Waals surface area contributed by atoms with Gasteiger partial charge < -0.3 is 5.11 Å². The Kier molecular flexibility index (Phi) is 9.42. The minimum absolute atomic E-state index is 0.0795. The molecular formula is C25H25N3O4S2. The lowest BCUT2D eigenvalue weighted by molar-refractivity contribution is -0.123. The number of benzene rings is 2. The third-order valence-electron chi connectivity index (χ3n) is 4.96. The summed E-state index contributed by atoms with van der Waals surface area (Å²) in [5.74, 6) is -1.18. The van der Waals surface area contributed by atoms with Crippen LogP contribution in [0.3, 0.4) is 0 Å². The van der Waals surface area contributed by atoms with Gasteiger partial charge >= 0.3 is 0 Å². The van der Waals surface area contributed by atoms with Crippen molar-refractivity contribution in [1.82, 2.24) is 15.8 Å². The lowest BCUT2D eigenvalue weighted by atomic mass is 10.2. The monoisotopic (exact) mass is 495 g/mol. The second-order valence-electron chi connectivity index (χ2n) is 7.46. The highest BCUT2D eigenvalue weighted by Crippen LogP contribution is 2.31. The highest BCUT2D eigenvalue weighted by molar-refractivity contribution is 8.26. The maximum absolute atomic E-state index is 12.6. The van der Waals surface area contributed by atoms with Crippen molar-refractivity contribution in [2.75, 3.05) is 6.54 Å². The van der Waals surface area contributed by atoms with Crippen molar-refractivity contribution >= 4 is 52.1 Å². The third kappa shape index (κ3) is 7.29. The summed E-state index contributed by atoms with van der Waals surface area (Å²) in [6, 6.07) is 15.9. The Labute approximate surface area is 207 Å². The number of phenolic OH excluding ortho intramolecular Hbond substituents is 1. The molecule has 0 bridgehead atoms. The van der Waals surface area contributed by atoms with E-state index in [1.807, 2.05) is 42.5 Å².